The molecular weight excluding hydrogens is 976 g/mol. The molecule has 0 aliphatic heterocycles. The number of ether oxygens (including phenoxy) is 3. The first kappa shape index (κ1) is 72.9. The zero-order valence-electron chi connectivity index (χ0n) is 48.7. The second kappa shape index (κ2) is 58.1. The summed E-state index contributed by atoms with van der Waals surface area (Å²) in [4.78, 5) is 48.7. The number of unbranched alkanes of at least 4 members (excludes halogenated alkanes) is 28. The van der Waals surface area contributed by atoms with Crippen molar-refractivity contribution in [2.75, 3.05) is 26.4 Å². The molecule has 76 heavy (non-hydrogen) atoms. The van der Waals surface area contributed by atoms with Crippen molar-refractivity contribution in [2.24, 2.45) is 0 Å². The van der Waals surface area contributed by atoms with E-state index in [1.165, 1.54) is 89.9 Å². The van der Waals surface area contributed by atoms with Crippen LogP contribution in [-0.4, -0.2) is 66.5 Å². The number of hydrogen-bond acceptors (Lipinski definition) is 10. The molecule has 0 radical (unpaired) electrons. The Morgan fingerprint density at radius 3 is 1.09 bits per heavy atom. The molecule has 0 amide bonds. The fourth-order valence-electron chi connectivity index (χ4n) is 8.40. The summed E-state index contributed by atoms with van der Waals surface area (Å²) in [7, 11) is -4.76. The molecule has 0 rings (SSSR count). The molecule has 3 unspecified atom stereocenters. The molecule has 0 aliphatic rings. The molecule has 440 valence electrons. The first-order chi connectivity index (χ1) is 37.2. The monoisotopic (exact) mass is 1090 g/mol. The number of carbonyl (C=O) groups is 3. The van der Waals surface area contributed by atoms with Crippen LogP contribution < -0.4 is 0 Å². The van der Waals surface area contributed by atoms with Gasteiger partial charge in [-0.15, -0.1) is 0 Å². The van der Waals surface area contributed by atoms with Crippen LogP contribution in [0.4, 0.5) is 0 Å². The lowest BCUT2D eigenvalue weighted by atomic mass is 10.1. The van der Waals surface area contributed by atoms with Crippen LogP contribution in [0.2, 0.25) is 0 Å². The summed E-state index contributed by atoms with van der Waals surface area (Å²) in [6, 6.07) is 0. The average Bonchev–Trinajstić information content (AvgIpc) is 3.41. The normalized spacial score (nSPS) is 13.8. The highest BCUT2D eigenvalue weighted by Crippen LogP contribution is 2.43. The van der Waals surface area contributed by atoms with Gasteiger partial charge >= 0.3 is 25.7 Å². The maximum Gasteiger partial charge on any atom is 0.472 e. The molecule has 2 N–H and O–H groups in total. The molecule has 0 aromatic carbocycles. The Morgan fingerprint density at radius 1 is 0.382 bits per heavy atom. The summed E-state index contributed by atoms with van der Waals surface area (Å²) in [5.74, 6) is -1.48. The van der Waals surface area contributed by atoms with E-state index in [1.807, 2.05) is 0 Å². The summed E-state index contributed by atoms with van der Waals surface area (Å²) < 4.78 is 39.6. The number of esters is 3. The van der Waals surface area contributed by atoms with Crippen LogP contribution in [0.25, 0.3) is 0 Å². The van der Waals surface area contributed by atoms with E-state index in [9.17, 15) is 28.9 Å². The van der Waals surface area contributed by atoms with Crippen molar-refractivity contribution >= 4 is 25.7 Å². The molecular formula is C64H113O11P. The van der Waals surface area contributed by atoms with Crippen LogP contribution in [0.15, 0.2) is 72.9 Å². The number of phosphoric acid groups is 1. The fourth-order valence-corrected chi connectivity index (χ4v) is 9.18. The van der Waals surface area contributed by atoms with Crippen molar-refractivity contribution in [3.05, 3.63) is 72.9 Å². The quantitative estimate of drug-likeness (QED) is 0.0197. The average molecular weight is 1090 g/mol. The van der Waals surface area contributed by atoms with E-state index in [1.54, 1.807) is 0 Å². The van der Waals surface area contributed by atoms with Crippen LogP contribution in [0.1, 0.15) is 278 Å². The molecule has 11 nitrogen and oxygen atoms in total. The highest BCUT2D eigenvalue weighted by molar-refractivity contribution is 7.47. The Balaban J connectivity index is 4.73. The zero-order chi connectivity index (χ0) is 55.5. The van der Waals surface area contributed by atoms with E-state index in [2.05, 4.69) is 93.7 Å². The minimum absolute atomic E-state index is 0.154. The molecule has 0 fully saturated rings. The van der Waals surface area contributed by atoms with Crippen molar-refractivity contribution in [3.63, 3.8) is 0 Å². The maximum atomic E-state index is 12.9. The predicted octanol–water partition coefficient (Wildman–Crippen LogP) is 18.5. The minimum Gasteiger partial charge on any atom is -0.462 e. The molecule has 12 heteroatoms. The lowest BCUT2D eigenvalue weighted by Crippen LogP contribution is -2.30. The van der Waals surface area contributed by atoms with Crippen LogP contribution >= 0.6 is 7.82 Å². The van der Waals surface area contributed by atoms with Crippen LogP contribution in [0.3, 0.4) is 0 Å². The second-order valence-electron chi connectivity index (χ2n) is 20.5. The van der Waals surface area contributed by atoms with E-state index in [4.69, 9.17) is 23.3 Å². The van der Waals surface area contributed by atoms with Gasteiger partial charge in [-0.2, -0.15) is 0 Å². The lowest BCUT2D eigenvalue weighted by molar-refractivity contribution is -0.161. The number of phosphoric ester groups is 1. The van der Waals surface area contributed by atoms with Gasteiger partial charge in [0, 0.05) is 19.3 Å². The smallest absolute Gasteiger partial charge is 0.462 e. The lowest BCUT2D eigenvalue weighted by Gasteiger charge is -2.21. The first-order valence-corrected chi connectivity index (χ1v) is 32.3. The van der Waals surface area contributed by atoms with Gasteiger partial charge in [-0.25, -0.2) is 4.57 Å². The van der Waals surface area contributed by atoms with Gasteiger partial charge in [-0.3, -0.25) is 23.4 Å². The number of rotatable bonds is 57. The Hall–Kier alpha value is -3.08. The number of carbonyl (C=O) groups excluding carboxylic acids is 3. The Kier molecular flexibility index (Phi) is 55.7. The van der Waals surface area contributed by atoms with Gasteiger partial charge in [-0.05, 0) is 109 Å². The van der Waals surface area contributed by atoms with Crippen molar-refractivity contribution < 1.29 is 52.2 Å². The third-order valence-corrected chi connectivity index (χ3v) is 14.0. The molecule has 0 saturated carbocycles. The molecule has 3 atom stereocenters. The SMILES string of the molecule is CC/C=C\C/C=C\C/C=C\CCCCCCCCCC(=O)OC(COC(=O)CCCCCCCCCCC/C=C\C/C=C\CCCCC)COP(=O)(O)OCC(CO)OC(=O)CCCCCCC/C=C\CCCCCC. The van der Waals surface area contributed by atoms with Gasteiger partial charge in [0.05, 0.1) is 19.8 Å². The van der Waals surface area contributed by atoms with Gasteiger partial charge in [0.2, 0.25) is 0 Å². The van der Waals surface area contributed by atoms with E-state index >= 15 is 0 Å². The Labute approximate surface area is 465 Å². The van der Waals surface area contributed by atoms with E-state index in [0.717, 1.165) is 128 Å². The molecule has 0 bridgehead atoms. The van der Waals surface area contributed by atoms with Crippen molar-refractivity contribution in [1.82, 2.24) is 0 Å². The van der Waals surface area contributed by atoms with Crippen LogP contribution in [0, 0.1) is 0 Å². The topological polar surface area (TPSA) is 155 Å². The van der Waals surface area contributed by atoms with Gasteiger partial charge in [-0.1, -0.05) is 222 Å². The van der Waals surface area contributed by atoms with E-state index in [-0.39, 0.29) is 25.9 Å². The number of hydrogen-bond donors (Lipinski definition) is 2. The number of aliphatic hydroxyl groups is 1. The molecule has 0 heterocycles. The van der Waals surface area contributed by atoms with Crippen molar-refractivity contribution in [2.45, 2.75) is 290 Å². The molecule has 0 spiro atoms. The van der Waals surface area contributed by atoms with Gasteiger partial charge < -0.3 is 24.2 Å². The van der Waals surface area contributed by atoms with Gasteiger partial charge in [0.25, 0.3) is 0 Å². The summed E-state index contributed by atoms with van der Waals surface area (Å²) in [6.07, 6.45) is 65.6. The second-order valence-corrected chi connectivity index (χ2v) is 21.9. The van der Waals surface area contributed by atoms with Crippen LogP contribution in [0.5, 0.6) is 0 Å². The highest BCUT2D eigenvalue weighted by Gasteiger charge is 2.28. The summed E-state index contributed by atoms with van der Waals surface area (Å²) in [5.41, 5.74) is 0. The summed E-state index contributed by atoms with van der Waals surface area (Å²) in [5, 5.41) is 9.82. The van der Waals surface area contributed by atoms with Gasteiger partial charge in [0.1, 0.15) is 12.7 Å². The standard InChI is InChI=1S/C64H113O11P/c1-4-7-10-13-16-19-22-25-27-29-30-32-33-36-38-41-44-47-50-53-62(66)71-57-61(75-64(68)55-52-49-46-43-40-37-34-31-28-26-23-20-17-14-11-8-5-2)59-73-76(69,70)72-58-60(56-65)74-63(67)54-51-48-45-42-39-35-24-21-18-15-12-9-6-3/h8,11,16-17,19-21,24-28,60-61,65H,4-7,9-10,12-15,18,22-23,29-59H2,1-3H3,(H,69,70)/b11-8-,19-16-,20-17-,24-21-,27-25-,28-26-. The van der Waals surface area contributed by atoms with Crippen molar-refractivity contribution in [1.29, 1.82) is 0 Å². The third kappa shape index (κ3) is 55.7. The highest BCUT2D eigenvalue weighted by atomic mass is 31.2. The summed E-state index contributed by atoms with van der Waals surface area (Å²) >= 11 is 0. The summed E-state index contributed by atoms with van der Waals surface area (Å²) in [6.45, 7) is 4.50. The minimum atomic E-state index is -4.76. The third-order valence-electron chi connectivity index (χ3n) is 13.1. The predicted molar refractivity (Wildman–Crippen MR) is 316 cm³/mol. The van der Waals surface area contributed by atoms with Crippen molar-refractivity contribution in [3.8, 4) is 0 Å². The number of allylic oxidation sites excluding steroid dienone is 12. The van der Waals surface area contributed by atoms with Gasteiger partial charge in [0.15, 0.2) is 6.10 Å². The number of aliphatic hydroxyl groups excluding tert-OH is 1. The Bertz CT molecular complexity index is 1550. The first-order valence-electron chi connectivity index (χ1n) is 30.8. The van der Waals surface area contributed by atoms with E-state index in [0.29, 0.717) is 19.3 Å². The molecule has 0 aliphatic carbocycles. The molecule has 0 aromatic rings. The Morgan fingerprint density at radius 2 is 0.684 bits per heavy atom. The molecule has 0 saturated heterocycles. The molecule has 0 aromatic heterocycles. The van der Waals surface area contributed by atoms with E-state index < -0.39 is 57.8 Å². The van der Waals surface area contributed by atoms with Crippen LogP contribution in [-0.2, 0) is 42.2 Å². The zero-order valence-corrected chi connectivity index (χ0v) is 49.6. The maximum absolute atomic E-state index is 12.9. The largest absolute Gasteiger partial charge is 0.472 e. The fraction of sp³-hybridized carbons (Fsp3) is 0.766.